The second-order valence-electron chi connectivity index (χ2n) is 4.31. The quantitative estimate of drug-likeness (QED) is 0.818. The molecule has 2 rings (SSSR count). The van der Waals surface area contributed by atoms with Gasteiger partial charge in [-0.2, -0.15) is 0 Å². The molecule has 0 aromatic carbocycles. The van der Waals surface area contributed by atoms with Crippen LogP contribution in [0, 0.1) is 12.8 Å². The molecule has 0 aliphatic heterocycles. The normalized spacial score (nSPS) is 14.5. The van der Waals surface area contributed by atoms with Gasteiger partial charge in [0.2, 0.25) is 5.91 Å². The molecule has 0 radical (unpaired) electrons. The maximum Gasteiger partial charge on any atom is 0.223 e. The van der Waals surface area contributed by atoms with Gasteiger partial charge in [0.05, 0.1) is 0 Å². The summed E-state index contributed by atoms with van der Waals surface area (Å²) in [6.45, 7) is 3.35. The fourth-order valence-corrected chi connectivity index (χ4v) is 2.03. The van der Waals surface area contributed by atoms with Gasteiger partial charge < -0.3 is 10.6 Å². The van der Waals surface area contributed by atoms with Gasteiger partial charge in [0.15, 0.2) is 0 Å². The van der Waals surface area contributed by atoms with Crippen molar-refractivity contribution in [1.82, 2.24) is 10.3 Å². The van der Waals surface area contributed by atoms with Crippen LogP contribution in [0.4, 0.5) is 5.82 Å². The average Bonchev–Trinajstić information content (AvgIpc) is 3.10. The first-order chi connectivity index (χ1) is 8.16. The zero-order chi connectivity index (χ0) is 12.3. The highest BCUT2D eigenvalue weighted by atomic mass is 79.9. The molecule has 92 valence electrons. The molecule has 1 heterocycles. The number of hydrogen-bond acceptors (Lipinski definition) is 3. The van der Waals surface area contributed by atoms with Crippen molar-refractivity contribution in [2.24, 2.45) is 5.92 Å². The fourth-order valence-electron chi connectivity index (χ4n) is 1.58. The van der Waals surface area contributed by atoms with E-state index in [0.717, 1.165) is 28.7 Å². The van der Waals surface area contributed by atoms with Gasteiger partial charge in [-0.3, -0.25) is 4.79 Å². The molecular formula is C12H16BrN3O. The van der Waals surface area contributed by atoms with E-state index in [-0.39, 0.29) is 11.8 Å². The van der Waals surface area contributed by atoms with Crippen LogP contribution in [0.15, 0.2) is 16.7 Å². The van der Waals surface area contributed by atoms with Gasteiger partial charge >= 0.3 is 0 Å². The van der Waals surface area contributed by atoms with Crippen molar-refractivity contribution in [2.45, 2.75) is 19.8 Å². The van der Waals surface area contributed by atoms with Crippen LogP contribution < -0.4 is 10.6 Å². The summed E-state index contributed by atoms with van der Waals surface area (Å²) in [7, 11) is 0. The summed E-state index contributed by atoms with van der Waals surface area (Å²) >= 11 is 3.37. The first-order valence-electron chi connectivity index (χ1n) is 5.80. The van der Waals surface area contributed by atoms with Gasteiger partial charge in [0.25, 0.3) is 0 Å². The zero-order valence-corrected chi connectivity index (χ0v) is 11.4. The van der Waals surface area contributed by atoms with Crippen LogP contribution in [0.25, 0.3) is 0 Å². The summed E-state index contributed by atoms with van der Waals surface area (Å²) in [4.78, 5) is 15.6. The lowest BCUT2D eigenvalue weighted by Crippen LogP contribution is -2.30. The zero-order valence-electron chi connectivity index (χ0n) is 9.79. The van der Waals surface area contributed by atoms with Crippen LogP contribution in [-0.4, -0.2) is 24.0 Å². The molecule has 1 fully saturated rings. The first kappa shape index (κ1) is 12.4. The fraction of sp³-hybridized carbons (Fsp3) is 0.500. The minimum Gasteiger partial charge on any atom is -0.368 e. The lowest BCUT2D eigenvalue weighted by Gasteiger charge is -2.09. The first-order valence-corrected chi connectivity index (χ1v) is 6.60. The molecule has 1 aliphatic carbocycles. The highest BCUT2D eigenvalue weighted by Crippen LogP contribution is 2.28. The summed E-state index contributed by atoms with van der Waals surface area (Å²) < 4.78 is 0.975. The molecule has 1 saturated carbocycles. The molecule has 4 nitrogen and oxygen atoms in total. The van der Waals surface area contributed by atoms with Crippen molar-refractivity contribution in [2.75, 3.05) is 18.4 Å². The minimum atomic E-state index is 0.187. The number of aryl methyl sites for hydroxylation is 1. The second kappa shape index (κ2) is 5.49. The van der Waals surface area contributed by atoms with Gasteiger partial charge in [-0.05, 0) is 47.3 Å². The third-order valence-electron chi connectivity index (χ3n) is 2.71. The summed E-state index contributed by atoms with van der Waals surface area (Å²) in [5.74, 6) is 1.34. The molecule has 0 atom stereocenters. The van der Waals surface area contributed by atoms with Crippen LogP contribution in [0.5, 0.6) is 0 Å². The Bertz CT molecular complexity index is 418. The van der Waals surface area contributed by atoms with E-state index < -0.39 is 0 Å². The maximum absolute atomic E-state index is 11.4. The molecule has 1 aliphatic rings. The molecule has 0 unspecified atom stereocenters. The van der Waals surface area contributed by atoms with Crippen molar-refractivity contribution >= 4 is 27.7 Å². The third kappa shape index (κ3) is 3.70. The number of pyridine rings is 1. The van der Waals surface area contributed by atoms with Crippen LogP contribution in [0.3, 0.4) is 0 Å². The molecule has 17 heavy (non-hydrogen) atoms. The summed E-state index contributed by atoms with van der Waals surface area (Å²) in [6.07, 6.45) is 3.86. The Labute approximate surface area is 109 Å². The molecular weight excluding hydrogens is 282 g/mol. The number of hydrogen-bond donors (Lipinski definition) is 2. The van der Waals surface area contributed by atoms with Gasteiger partial charge in [0.1, 0.15) is 5.82 Å². The van der Waals surface area contributed by atoms with Crippen LogP contribution >= 0.6 is 15.9 Å². The number of nitrogens with zero attached hydrogens (tertiary/aromatic N) is 1. The van der Waals surface area contributed by atoms with Crippen LogP contribution in [-0.2, 0) is 4.79 Å². The standard InChI is InChI=1S/C12H16BrN3O/c1-8-6-10(13)7-16-11(8)14-4-5-15-12(17)9-2-3-9/h6-7,9H,2-5H2,1H3,(H,14,16)(H,15,17). The van der Waals surface area contributed by atoms with Crippen LogP contribution in [0.1, 0.15) is 18.4 Å². The van der Waals surface area contributed by atoms with Gasteiger partial charge in [-0.25, -0.2) is 4.98 Å². The molecule has 1 aromatic heterocycles. The van der Waals surface area contributed by atoms with E-state index in [9.17, 15) is 4.79 Å². The predicted molar refractivity (Wildman–Crippen MR) is 70.9 cm³/mol. The minimum absolute atomic E-state index is 0.187. The number of anilines is 1. The Morgan fingerprint density at radius 1 is 1.53 bits per heavy atom. The third-order valence-corrected chi connectivity index (χ3v) is 3.14. The highest BCUT2D eigenvalue weighted by Gasteiger charge is 2.28. The van der Waals surface area contributed by atoms with E-state index >= 15 is 0 Å². The number of halogens is 1. The molecule has 5 heteroatoms. The average molecular weight is 298 g/mol. The summed E-state index contributed by atoms with van der Waals surface area (Å²) in [5, 5.41) is 6.12. The van der Waals surface area contributed by atoms with Crippen molar-refractivity contribution in [3.63, 3.8) is 0 Å². The largest absolute Gasteiger partial charge is 0.368 e. The molecule has 0 bridgehead atoms. The van der Waals surface area contributed by atoms with Gasteiger partial charge in [-0.1, -0.05) is 0 Å². The van der Waals surface area contributed by atoms with Gasteiger partial charge in [0, 0.05) is 29.7 Å². The number of carbonyl (C=O) groups is 1. The van der Waals surface area contributed by atoms with E-state index in [1.54, 1.807) is 6.20 Å². The number of carbonyl (C=O) groups excluding carboxylic acids is 1. The molecule has 0 saturated heterocycles. The Hall–Kier alpha value is -1.10. The lowest BCUT2D eigenvalue weighted by molar-refractivity contribution is -0.122. The number of aromatic nitrogens is 1. The molecule has 2 N–H and O–H groups in total. The van der Waals surface area contributed by atoms with E-state index in [0.29, 0.717) is 13.1 Å². The van der Waals surface area contributed by atoms with E-state index in [1.807, 2.05) is 13.0 Å². The van der Waals surface area contributed by atoms with E-state index in [4.69, 9.17) is 0 Å². The van der Waals surface area contributed by atoms with E-state index in [1.165, 1.54) is 0 Å². The van der Waals surface area contributed by atoms with Crippen LogP contribution in [0.2, 0.25) is 0 Å². The molecule has 1 aromatic rings. The highest BCUT2D eigenvalue weighted by molar-refractivity contribution is 9.10. The van der Waals surface area contributed by atoms with E-state index in [2.05, 4.69) is 31.5 Å². The van der Waals surface area contributed by atoms with Crippen molar-refractivity contribution in [3.8, 4) is 0 Å². The van der Waals surface area contributed by atoms with Crippen molar-refractivity contribution in [1.29, 1.82) is 0 Å². The van der Waals surface area contributed by atoms with Crippen molar-refractivity contribution in [3.05, 3.63) is 22.3 Å². The predicted octanol–water partition coefficient (Wildman–Crippen LogP) is 2.09. The number of amides is 1. The second-order valence-corrected chi connectivity index (χ2v) is 5.23. The lowest BCUT2D eigenvalue weighted by atomic mass is 10.3. The Kier molecular flexibility index (Phi) is 3.99. The van der Waals surface area contributed by atoms with Gasteiger partial charge in [-0.15, -0.1) is 0 Å². The Balaban J connectivity index is 1.72. The maximum atomic E-state index is 11.4. The smallest absolute Gasteiger partial charge is 0.223 e. The SMILES string of the molecule is Cc1cc(Br)cnc1NCCNC(=O)C1CC1. The number of nitrogens with one attached hydrogen (secondary N) is 2. The summed E-state index contributed by atoms with van der Waals surface area (Å²) in [5.41, 5.74) is 1.09. The topological polar surface area (TPSA) is 54.0 Å². The Morgan fingerprint density at radius 2 is 2.29 bits per heavy atom. The summed E-state index contributed by atoms with van der Waals surface area (Å²) in [6, 6.07) is 2.01. The van der Waals surface area contributed by atoms with Crippen molar-refractivity contribution < 1.29 is 4.79 Å². The molecule has 0 spiro atoms. The monoisotopic (exact) mass is 297 g/mol. The Morgan fingerprint density at radius 3 is 2.94 bits per heavy atom. The molecule has 1 amide bonds. The number of rotatable bonds is 5.